The Kier molecular flexibility index (Phi) is 12.5. The molecule has 0 aliphatic carbocycles. The third-order valence-corrected chi connectivity index (χ3v) is 7.65. The largest absolute Gasteiger partial charge is 1.00 e. The van der Waals surface area contributed by atoms with Gasteiger partial charge < -0.3 is 21.9 Å². The van der Waals surface area contributed by atoms with Gasteiger partial charge in [0.15, 0.2) is 0 Å². The Bertz CT molecular complexity index is 1410. The second-order valence-corrected chi connectivity index (χ2v) is 11.6. The number of imidazole rings is 1. The highest BCUT2D eigenvalue weighted by atomic mass is 35.5. The van der Waals surface area contributed by atoms with E-state index >= 15 is 0 Å². The van der Waals surface area contributed by atoms with Crippen molar-refractivity contribution in [1.29, 1.82) is 0 Å². The number of benzene rings is 3. The van der Waals surface area contributed by atoms with Gasteiger partial charge in [0.25, 0.3) is 0 Å². The first-order chi connectivity index (χ1) is 18.7. The van der Waals surface area contributed by atoms with Crippen LogP contribution in [0.4, 0.5) is 0 Å². The highest BCUT2D eigenvalue weighted by Gasteiger charge is 2.21. The molecule has 0 bridgehead atoms. The zero-order valence-corrected chi connectivity index (χ0v) is 26.5. The maximum Gasteiger partial charge on any atom is 0.243 e. The monoisotopic (exact) mass is 640 g/mol. The molecule has 1 atom stereocenters. The van der Waals surface area contributed by atoms with Gasteiger partial charge in [-0.1, -0.05) is 84.5 Å². The van der Waals surface area contributed by atoms with Gasteiger partial charge in [-0.2, -0.15) is 0 Å². The van der Waals surface area contributed by atoms with Crippen LogP contribution in [0.2, 0.25) is 20.1 Å². The summed E-state index contributed by atoms with van der Waals surface area (Å²) in [5.41, 5.74) is 4.16. The van der Waals surface area contributed by atoms with Crippen molar-refractivity contribution in [3.05, 3.63) is 116 Å². The third kappa shape index (κ3) is 9.04. The molecule has 3 aromatic carbocycles. The quantitative estimate of drug-likeness (QED) is 0.135. The number of aryl methyl sites for hydroxylation is 2. The summed E-state index contributed by atoms with van der Waals surface area (Å²) in [5.74, 6) is 1.40. The first-order valence-corrected chi connectivity index (χ1v) is 14.5. The Hall–Kier alpha value is -1.92. The van der Waals surface area contributed by atoms with Gasteiger partial charge in [-0.05, 0) is 59.9 Å². The van der Waals surface area contributed by atoms with Crippen molar-refractivity contribution in [2.75, 3.05) is 6.61 Å². The van der Waals surface area contributed by atoms with E-state index in [1.165, 1.54) is 11.1 Å². The van der Waals surface area contributed by atoms with E-state index in [4.69, 9.17) is 55.9 Å². The van der Waals surface area contributed by atoms with E-state index in [0.29, 0.717) is 45.8 Å². The van der Waals surface area contributed by atoms with Crippen LogP contribution in [0, 0.1) is 6.92 Å². The summed E-state index contributed by atoms with van der Waals surface area (Å²) in [6.45, 7) is 8.84. The minimum atomic E-state index is -0.318. The van der Waals surface area contributed by atoms with Gasteiger partial charge in [-0.15, -0.1) is 0 Å². The molecule has 0 spiro atoms. The van der Waals surface area contributed by atoms with Crippen molar-refractivity contribution in [1.82, 2.24) is 4.57 Å². The first kappa shape index (κ1) is 32.6. The molecule has 1 unspecified atom stereocenters. The van der Waals surface area contributed by atoms with Crippen molar-refractivity contribution < 1.29 is 26.4 Å². The summed E-state index contributed by atoms with van der Waals surface area (Å²) in [6, 6.07) is 17.3. The second-order valence-electron chi connectivity index (χ2n) is 9.95. The Balaban J connectivity index is 0.00000441. The zero-order chi connectivity index (χ0) is 27.9. The molecule has 0 fully saturated rings. The predicted molar refractivity (Wildman–Crippen MR) is 160 cm³/mol. The smallest absolute Gasteiger partial charge is 0.243 e. The summed E-state index contributed by atoms with van der Waals surface area (Å²) in [7, 11) is 0. The predicted octanol–water partition coefficient (Wildman–Crippen LogP) is 6.25. The fourth-order valence-corrected chi connectivity index (χ4v) is 5.37. The number of hydrogen-bond acceptors (Lipinski definition) is 2. The van der Waals surface area contributed by atoms with Crippen LogP contribution in [0.1, 0.15) is 54.5 Å². The van der Waals surface area contributed by atoms with Crippen LogP contribution in [-0.4, -0.2) is 11.2 Å². The van der Waals surface area contributed by atoms with Gasteiger partial charge in [0.2, 0.25) is 6.33 Å². The van der Waals surface area contributed by atoms with Crippen molar-refractivity contribution in [2.45, 2.75) is 58.9 Å². The van der Waals surface area contributed by atoms with Crippen LogP contribution in [0.5, 0.6) is 5.75 Å². The molecule has 0 aliphatic rings. The molecule has 0 amide bonds. The Morgan fingerprint density at radius 2 is 1.57 bits per heavy atom. The second kappa shape index (κ2) is 15.3. The van der Waals surface area contributed by atoms with Crippen molar-refractivity contribution in [3.63, 3.8) is 0 Å². The number of hydrogen-bond donors (Lipinski definition) is 0. The van der Waals surface area contributed by atoms with E-state index < -0.39 is 0 Å². The molecule has 0 N–H and O–H groups in total. The molecule has 4 aromatic rings. The molecule has 4 rings (SSSR count). The van der Waals surface area contributed by atoms with Crippen LogP contribution in [0.15, 0.2) is 73.3 Å². The first-order valence-electron chi connectivity index (χ1n) is 13.0. The summed E-state index contributed by atoms with van der Waals surface area (Å²) in [5, 5.41) is 2.29. The minimum absolute atomic E-state index is 0. The highest BCUT2D eigenvalue weighted by molar-refractivity contribution is 6.35. The molecule has 9 heteroatoms. The van der Waals surface area contributed by atoms with Crippen molar-refractivity contribution in [2.24, 2.45) is 0 Å². The zero-order valence-electron chi connectivity index (χ0n) is 22.7. The van der Waals surface area contributed by atoms with E-state index in [1.807, 2.05) is 24.4 Å². The summed E-state index contributed by atoms with van der Waals surface area (Å²) < 4.78 is 16.8. The fourth-order valence-electron chi connectivity index (χ4n) is 4.38. The van der Waals surface area contributed by atoms with Gasteiger partial charge in [0.05, 0.1) is 19.8 Å². The summed E-state index contributed by atoms with van der Waals surface area (Å²) >= 11 is 25.2. The van der Waals surface area contributed by atoms with E-state index in [2.05, 4.69) is 60.6 Å². The lowest BCUT2D eigenvalue weighted by molar-refractivity contribution is -0.697. The maximum absolute atomic E-state index is 6.57. The van der Waals surface area contributed by atoms with E-state index in [9.17, 15) is 0 Å². The third-order valence-electron chi connectivity index (χ3n) is 6.50. The van der Waals surface area contributed by atoms with Crippen molar-refractivity contribution >= 4 is 46.4 Å². The van der Waals surface area contributed by atoms with Crippen molar-refractivity contribution in [3.8, 4) is 5.75 Å². The molecule has 1 heterocycles. The Labute approximate surface area is 263 Å². The van der Waals surface area contributed by atoms with Gasteiger partial charge in [0.1, 0.15) is 30.8 Å². The summed E-state index contributed by atoms with van der Waals surface area (Å²) in [6.07, 6.45) is 6.73. The molecule has 214 valence electrons. The molecule has 0 radical (unpaired) electrons. The number of halogens is 5. The van der Waals surface area contributed by atoms with E-state index in [-0.39, 0.29) is 18.5 Å². The molecule has 40 heavy (non-hydrogen) atoms. The number of ether oxygens (including phenoxy) is 2. The normalized spacial score (nSPS) is 11.9. The van der Waals surface area contributed by atoms with Gasteiger partial charge >= 0.3 is 0 Å². The van der Waals surface area contributed by atoms with Gasteiger partial charge in [-0.25, -0.2) is 9.13 Å². The Morgan fingerprint density at radius 3 is 2.27 bits per heavy atom. The lowest BCUT2D eigenvalue weighted by Gasteiger charge is -2.19. The molecule has 0 saturated carbocycles. The van der Waals surface area contributed by atoms with Crippen LogP contribution in [-0.2, 0) is 24.4 Å². The molecule has 0 aliphatic heterocycles. The fraction of sp³-hybridized carbons (Fsp3) is 0.323. The number of aromatic nitrogens is 2. The minimum Gasteiger partial charge on any atom is -1.00 e. The SMILES string of the molecule is Cc1ccc(C(C)C)c(OCCC[n+]2ccn(CC(OCc3ccc(Cl)cc3Cl)c3ccc(Cl)cc3Cl)c2)c1.[Cl-]. The topological polar surface area (TPSA) is 27.3 Å². The lowest BCUT2D eigenvalue weighted by Crippen LogP contribution is -3.00. The van der Waals surface area contributed by atoms with Crippen LogP contribution < -0.4 is 21.7 Å². The van der Waals surface area contributed by atoms with Gasteiger partial charge in [0, 0.05) is 32.1 Å². The number of nitrogens with zero attached hydrogens (tertiary/aromatic N) is 2. The lowest BCUT2D eigenvalue weighted by atomic mass is 10.0. The molecular weight excluding hydrogens is 610 g/mol. The Morgan fingerprint density at radius 1 is 0.875 bits per heavy atom. The van der Waals surface area contributed by atoms with E-state index in [1.54, 1.807) is 18.2 Å². The van der Waals surface area contributed by atoms with Crippen LogP contribution in [0.3, 0.4) is 0 Å². The molecule has 1 aromatic heterocycles. The van der Waals surface area contributed by atoms with Gasteiger partial charge in [-0.3, -0.25) is 0 Å². The van der Waals surface area contributed by atoms with Crippen LogP contribution in [0.25, 0.3) is 0 Å². The average Bonchev–Trinajstić information content (AvgIpc) is 3.32. The van der Waals surface area contributed by atoms with Crippen LogP contribution >= 0.6 is 46.4 Å². The standard InChI is InChI=1S/C31H33Cl4N2O2.ClH/c1-21(2)26-9-5-22(3)15-30(26)38-14-4-11-36-12-13-37(20-36)18-31(27-10-8-25(33)17-29(27)35)39-19-23-6-7-24(32)16-28(23)34;/h5-10,12-13,15-17,20-21,31H,4,11,14,18-19H2,1-3H3;1H/q+1;/p-1. The summed E-state index contributed by atoms with van der Waals surface area (Å²) in [4.78, 5) is 0. The highest BCUT2D eigenvalue weighted by Crippen LogP contribution is 2.32. The number of rotatable bonds is 12. The maximum atomic E-state index is 6.57. The molecule has 0 saturated heterocycles. The average molecular weight is 643 g/mol. The molecule has 4 nitrogen and oxygen atoms in total. The molecular formula is C31H33Cl5N2O2. The van der Waals surface area contributed by atoms with E-state index in [0.717, 1.165) is 29.8 Å².